The van der Waals surface area contributed by atoms with Crippen molar-refractivity contribution < 1.29 is 38.4 Å². The maximum atomic E-state index is 13.5. The summed E-state index contributed by atoms with van der Waals surface area (Å²) in [5.74, 6) is -4.17. The number of imide groups is 2. The Labute approximate surface area is 301 Å². The first-order chi connectivity index (χ1) is 25.1. The normalized spacial score (nSPS) is 14.9. The highest BCUT2D eigenvalue weighted by Crippen LogP contribution is 2.36. The van der Waals surface area contributed by atoms with Crippen molar-refractivity contribution in [2.75, 3.05) is 6.54 Å². The molecule has 13 nitrogen and oxygen atoms in total. The standard InChI is InChI=1S/C39H41N5O8/c1-27-16-18-30(19-17-27)39(28-11-5-2-6-12-28,29-13-7-3-8-14-29)42-41-33(46)21-20-31(38(51)52-44-36(49)24-25-37(44)50)40-32(45)15-9-4-10-26-43-34(47)22-23-35(43)48/h2-3,5-8,11-14,16-19,22-23,31,42H,4,9-10,15,20-21,24-26H2,1H3,(H,40,45)(H,41,46). The second kappa shape index (κ2) is 17.3. The van der Waals surface area contributed by atoms with Gasteiger partial charge in [-0.25, -0.2) is 10.2 Å². The quantitative estimate of drug-likeness (QED) is 0.0825. The van der Waals surface area contributed by atoms with Gasteiger partial charge in [0.1, 0.15) is 11.6 Å². The van der Waals surface area contributed by atoms with E-state index in [1.807, 2.05) is 91.9 Å². The second-order valence-electron chi connectivity index (χ2n) is 12.6. The molecule has 0 spiro atoms. The third kappa shape index (κ3) is 9.04. The molecular weight excluding hydrogens is 666 g/mol. The van der Waals surface area contributed by atoms with Crippen molar-refractivity contribution >= 4 is 41.4 Å². The number of carbonyl (C=O) groups excluding carboxylic acids is 7. The molecule has 0 bridgehead atoms. The predicted octanol–water partition coefficient (Wildman–Crippen LogP) is 3.27. The molecule has 2 aliphatic heterocycles. The van der Waals surface area contributed by atoms with Crippen LogP contribution in [0.4, 0.5) is 0 Å². The first kappa shape index (κ1) is 37.3. The summed E-state index contributed by atoms with van der Waals surface area (Å²) in [5, 5.41) is 2.98. The largest absolute Gasteiger partial charge is 0.355 e. The van der Waals surface area contributed by atoms with Crippen LogP contribution in [0.5, 0.6) is 0 Å². The molecule has 0 aliphatic carbocycles. The summed E-state index contributed by atoms with van der Waals surface area (Å²) >= 11 is 0. The van der Waals surface area contributed by atoms with Gasteiger partial charge in [0.05, 0.1) is 0 Å². The van der Waals surface area contributed by atoms with Gasteiger partial charge in [-0.2, -0.15) is 0 Å². The van der Waals surface area contributed by atoms with Crippen LogP contribution in [0, 0.1) is 6.92 Å². The third-order valence-corrected chi connectivity index (χ3v) is 8.94. The molecule has 1 unspecified atom stereocenters. The first-order valence-electron chi connectivity index (χ1n) is 17.2. The number of unbranched alkanes of at least 4 members (excludes halogenated alkanes) is 2. The summed E-state index contributed by atoms with van der Waals surface area (Å²) in [4.78, 5) is 93.6. The first-order valence-corrected chi connectivity index (χ1v) is 17.2. The van der Waals surface area contributed by atoms with Crippen LogP contribution < -0.4 is 16.2 Å². The number of hydrogen-bond acceptors (Lipinski definition) is 9. The lowest BCUT2D eigenvalue weighted by Gasteiger charge is -2.37. The average Bonchev–Trinajstić information content (AvgIpc) is 3.65. The molecule has 1 atom stereocenters. The molecule has 6 amide bonds. The Balaban J connectivity index is 1.25. The minimum absolute atomic E-state index is 0.00642. The van der Waals surface area contributed by atoms with E-state index < -0.39 is 41.2 Å². The van der Waals surface area contributed by atoms with Crippen molar-refractivity contribution in [3.8, 4) is 0 Å². The van der Waals surface area contributed by atoms with Crippen molar-refractivity contribution in [1.29, 1.82) is 0 Å². The van der Waals surface area contributed by atoms with Crippen LogP contribution in [0.25, 0.3) is 0 Å². The summed E-state index contributed by atoms with van der Waals surface area (Å²) in [5.41, 5.74) is 8.72. The van der Waals surface area contributed by atoms with Crippen molar-refractivity contribution in [2.24, 2.45) is 0 Å². The topological polar surface area (TPSA) is 171 Å². The van der Waals surface area contributed by atoms with Crippen molar-refractivity contribution in [2.45, 2.75) is 69.9 Å². The highest BCUT2D eigenvalue weighted by Gasteiger charge is 2.38. The average molecular weight is 708 g/mol. The van der Waals surface area contributed by atoms with Crippen LogP contribution in [-0.4, -0.2) is 64.0 Å². The minimum atomic E-state index is -1.35. The van der Waals surface area contributed by atoms with Crippen molar-refractivity contribution in [1.82, 2.24) is 26.1 Å². The van der Waals surface area contributed by atoms with E-state index in [2.05, 4.69) is 16.2 Å². The molecule has 5 rings (SSSR count). The number of amides is 6. The number of carbonyl (C=O) groups is 7. The highest BCUT2D eigenvalue weighted by molar-refractivity contribution is 6.12. The number of hydrazine groups is 1. The van der Waals surface area contributed by atoms with Gasteiger partial charge in [0.15, 0.2) is 0 Å². The Hall–Kier alpha value is -5.95. The maximum absolute atomic E-state index is 13.5. The van der Waals surface area contributed by atoms with Crippen LogP contribution in [0.15, 0.2) is 97.1 Å². The molecule has 3 N–H and O–H groups in total. The van der Waals surface area contributed by atoms with E-state index in [4.69, 9.17) is 4.84 Å². The number of hydroxylamine groups is 2. The summed E-state index contributed by atoms with van der Waals surface area (Å²) in [6.45, 7) is 2.21. The zero-order valence-corrected chi connectivity index (χ0v) is 28.8. The lowest BCUT2D eigenvalue weighted by atomic mass is 9.77. The van der Waals surface area contributed by atoms with E-state index in [0.29, 0.717) is 24.3 Å². The van der Waals surface area contributed by atoms with E-state index in [9.17, 15) is 33.6 Å². The maximum Gasteiger partial charge on any atom is 0.355 e. The minimum Gasteiger partial charge on any atom is -0.343 e. The molecule has 270 valence electrons. The van der Waals surface area contributed by atoms with Crippen LogP contribution in [0.3, 0.4) is 0 Å². The molecule has 0 saturated carbocycles. The number of hydrogen-bond donors (Lipinski definition) is 3. The van der Waals surface area contributed by atoms with E-state index in [1.54, 1.807) is 0 Å². The zero-order valence-electron chi connectivity index (χ0n) is 28.8. The number of rotatable bonds is 17. The molecule has 3 aromatic rings. The van der Waals surface area contributed by atoms with Gasteiger partial charge in [0.2, 0.25) is 11.8 Å². The van der Waals surface area contributed by atoms with Gasteiger partial charge >= 0.3 is 5.97 Å². The Kier molecular flexibility index (Phi) is 12.4. The fourth-order valence-electron chi connectivity index (χ4n) is 6.11. The summed E-state index contributed by atoms with van der Waals surface area (Å²) in [7, 11) is 0. The van der Waals surface area contributed by atoms with E-state index in [1.165, 1.54) is 12.2 Å². The van der Waals surface area contributed by atoms with Gasteiger partial charge in [-0.05, 0) is 42.9 Å². The highest BCUT2D eigenvalue weighted by atomic mass is 16.7. The zero-order chi connectivity index (χ0) is 37.1. The van der Waals surface area contributed by atoms with Gasteiger partial charge in [-0.1, -0.05) is 96.9 Å². The molecule has 1 fully saturated rings. The second-order valence-corrected chi connectivity index (χ2v) is 12.6. The fourth-order valence-corrected chi connectivity index (χ4v) is 6.11. The monoisotopic (exact) mass is 707 g/mol. The molecule has 2 aliphatic rings. The number of nitrogens with zero attached hydrogens (tertiary/aromatic N) is 2. The molecule has 13 heteroatoms. The van der Waals surface area contributed by atoms with Gasteiger partial charge < -0.3 is 10.2 Å². The van der Waals surface area contributed by atoms with Gasteiger partial charge in [0, 0.05) is 44.4 Å². The van der Waals surface area contributed by atoms with Crippen molar-refractivity contribution in [3.63, 3.8) is 0 Å². The summed E-state index contributed by atoms with van der Waals surface area (Å²) < 4.78 is 0. The molecular formula is C39H41N5O8. The number of aryl methyl sites for hydroxylation is 1. The Morgan fingerprint density at radius 3 is 1.85 bits per heavy atom. The molecule has 0 radical (unpaired) electrons. The van der Waals surface area contributed by atoms with Gasteiger partial charge in [-0.3, -0.25) is 39.1 Å². The fraction of sp³-hybridized carbons (Fsp3) is 0.308. The molecule has 0 aromatic heterocycles. The molecule has 2 heterocycles. The summed E-state index contributed by atoms with van der Waals surface area (Å²) in [6.07, 6.45) is 3.18. The molecule has 1 saturated heterocycles. The Morgan fingerprint density at radius 1 is 0.712 bits per heavy atom. The number of nitrogens with one attached hydrogen (secondary N) is 3. The van der Waals surface area contributed by atoms with E-state index >= 15 is 0 Å². The van der Waals surface area contributed by atoms with E-state index in [-0.39, 0.29) is 50.5 Å². The van der Waals surface area contributed by atoms with E-state index in [0.717, 1.165) is 27.2 Å². The predicted molar refractivity (Wildman–Crippen MR) is 188 cm³/mol. The van der Waals surface area contributed by atoms with Crippen LogP contribution in [0.2, 0.25) is 0 Å². The lowest BCUT2D eigenvalue weighted by molar-refractivity contribution is -0.199. The smallest absolute Gasteiger partial charge is 0.343 e. The van der Waals surface area contributed by atoms with Gasteiger partial charge in [-0.15, -0.1) is 5.06 Å². The van der Waals surface area contributed by atoms with Crippen LogP contribution >= 0.6 is 0 Å². The SMILES string of the molecule is Cc1ccc(C(NNC(=O)CCC(NC(=O)CCCCCN2C(=O)C=CC2=O)C(=O)ON2C(=O)CCC2=O)(c2ccccc2)c2ccccc2)cc1. The van der Waals surface area contributed by atoms with Gasteiger partial charge in [0.25, 0.3) is 23.6 Å². The Bertz CT molecular complexity index is 1750. The molecule has 52 heavy (non-hydrogen) atoms. The molecule has 3 aromatic carbocycles. The van der Waals surface area contributed by atoms with Crippen molar-refractivity contribution in [3.05, 3.63) is 119 Å². The van der Waals surface area contributed by atoms with Crippen LogP contribution in [0.1, 0.15) is 73.6 Å². The third-order valence-electron chi connectivity index (χ3n) is 8.94. The number of benzene rings is 3. The van der Waals surface area contributed by atoms with Crippen LogP contribution in [-0.2, 0) is 43.9 Å². The lowest BCUT2D eigenvalue weighted by Crippen LogP contribution is -2.54. The summed E-state index contributed by atoms with van der Waals surface area (Å²) in [6, 6.07) is 25.9. The Morgan fingerprint density at radius 2 is 1.27 bits per heavy atom.